The van der Waals surface area contributed by atoms with Crippen LogP contribution in [0.5, 0.6) is 0 Å². The maximum atomic E-state index is 11.6. The second-order valence-corrected chi connectivity index (χ2v) is 6.32. The van der Waals surface area contributed by atoms with E-state index in [-0.39, 0.29) is 0 Å². The van der Waals surface area contributed by atoms with E-state index in [1.165, 1.54) is 6.42 Å². The minimum atomic E-state index is -0.488. The normalized spacial score (nSPS) is 18.1. The van der Waals surface area contributed by atoms with Crippen molar-refractivity contribution in [3.05, 3.63) is 22.7 Å². The Morgan fingerprint density at radius 1 is 1.40 bits per heavy atom. The first-order valence-electron chi connectivity index (χ1n) is 7.00. The summed E-state index contributed by atoms with van der Waals surface area (Å²) in [5, 5.41) is 0.499. The van der Waals surface area contributed by atoms with Gasteiger partial charge < -0.3 is 16.4 Å². The van der Waals surface area contributed by atoms with Crippen LogP contribution >= 0.6 is 11.6 Å². The van der Waals surface area contributed by atoms with Crippen LogP contribution in [-0.2, 0) is 0 Å². The van der Waals surface area contributed by atoms with Crippen LogP contribution in [0.25, 0.3) is 0 Å². The van der Waals surface area contributed by atoms with Gasteiger partial charge in [-0.15, -0.1) is 0 Å². The van der Waals surface area contributed by atoms with Crippen LogP contribution < -0.4 is 16.4 Å². The number of carbonyl (C=O) groups is 1. The molecule has 4 nitrogen and oxygen atoms in total. The molecule has 2 rings (SSSR count). The van der Waals surface area contributed by atoms with Gasteiger partial charge in [0.25, 0.3) is 5.91 Å². The Hall–Kier alpha value is -1.42. The summed E-state index contributed by atoms with van der Waals surface area (Å²) in [5.74, 6) is -0.488. The topological polar surface area (TPSA) is 72.3 Å². The number of nitrogens with two attached hydrogens (primary N) is 2. The molecule has 0 unspecified atom stereocenters. The minimum absolute atomic E-state index is 0.379. The van der Waals surface area contributed by atoms with Crippen molar-refractivity contribution in [2.24, 2.45) is 11.1 Å². The molecule has 0 spiro atoms. The molecule has 1 fully saturated rings. The van der Waals surface area contributed by atoms with Gasteiger partial charge in [0.2, 0.25) is 0 Å². The summed E-state index contributed by atoms with van der Waals surface area (Å²) in [7, 11) is 0. The highest BCUT2D eigenvalue weighted by Gasteiger charge is 2.30. The monoisotopic (exact) mass is 295 g/mol. The first kappa shape index (κ1) is 15.0. The molecule has 1 aliphatic heterocycles. The molecule has 5 heteroatoms. The molecule has 0 radical (unpaired) electrons. The lowest BCUT2D eigenvalue weighted by Gasteiger charge is -2.40. The van der Waals surface area contributed by atoms with Gasteiger partial charge in [0.1, 0.15) is 0 Å². The van der Waals surface area contributed by atoms with E-state index < -0.39 is 5.91 Å². The Morgan fingerprint density at radius 2 is 2.00 bits per heavy atom. The van der Waals surface area contributed by atoms with Gasteiger partial charge in [-0.25, -0.2) is 0 Å². The maximum absolute atomic E-state index is 11.6. The minimum Gasteiger partial charge on any atom is -0.399 e. The van der Waals surface area contributed by atoms with Crippen molar-refractivity contribution >= 4 is 28.9 Å². The summed E-state index contributed by atoms with van der Waals surface area (Å²) in [5.41, 5.74) is 13.2. The first-order valence-corrected chi connectivity index (χ1v) is 7.38. The zero-order valence-corrected chi connectivity index (χ0v) is 12.8. The molecule has 0 saturated carbocycles. The molecule has 20 heavy (non-hydrogen) atoms. The molecule has 1 heterocycles. The van der Waals surface area contributed by atoms with E-state index in [4.69, 9.17) is 23.1 Å². The SMILES string of the molecule is CCC1(C)CCN(c2c(Cl)cc(N)cc2C(N)=O)CC1. The van der Waals surface area contributed by atoms with Gasteiger partial charge >= 0.3 is 0 Å². The maximum Gasteiger partial charge on any atom is 0.250 e. The molecule has 0 bridgehead atoms. The zero-order chi connectivity index (χ0) is 14.9. The van der Waals surface area contributed by atoms with Crippen molar-refractivity contribution in [3.8, 4) is 0 Å². The summed E-state index contributed by atoms with van der Waals surface area (Å²) in [6.45, 7) is 6.30. The van der Waals surface area contributed by atoms with Gasteiger partial charge in [-0.1, -0.05) is 31.9 Å². The number of nitrogen functional groups attached to an aromatic ring is 1. The number of carbonyl (C=O) groups excluding carboxylic acids is 1. The molecular formula is C15H22ClN3O. The third-order valence-corrected chi connectivity index (χ3v) is 4.78. The predicted octanol–water partition coefficient (Wildman–Crippen LogP) is 3.04. The Labute approximate surface area is 125 Å². The van der Waals surface area contributed by atoms with E-state index >= 15 is 0 Å². The van der Waals surface area contributed by atoms with E-state index in [0.29, 0.717) is 21.7 Å². The number of primary amides is 1. The summed E-state index contributed by atoms with van der Waals surface area (Å²) in [6, 6.07) is 3.29. The van der Waals surface area contributed by atoms with E-state index in [1.54, 1.807) is 12.1 Å². The summed E-state index contributed by atoms with van der Waals surface area (Å²) in [6.07, 6.45) is 3.34. The van der Waals surface area contributed by atoms with Crippen LogP contribution in [0.2, 0.25) is 5.02 Å². The van der Waals surface area contributed by atoms with Crippen molar-refractivity contribution < 1.29 is 4.79 Å². The number of hydrogen-bond donors (Lipinski definition) is 2. The van der Waals surface area contributed by atoms with Crippen molar-refractivity contribution in [2.75, 3.05) is 23.7 Å². The highest BCUT2D eigenvalue weighted by molar-refractivity contribution is 6.34. The largest absolute Gasteiger partial charge is 0.399 e. The third kappa shape index (κ3) is 2.85. The highest BCUT2D eigenvalue weighted by Crippen LogP contribution is 2.39. The average Bonchev–Trinajstić information content (AvgIpc) is 2.39. The van der Waals surface area contributed by atoms with Crippen LogP contribution in [-0.4, -0.2) is 19.0 Å². The third-order valence-electron chi connectivity index (χ3n) is 4.49. The Bertz CT molecular complexity index is 522. The Morgan fingerprint density at radius 3 is 2.50 bits per heavy atom. The smallest absolute Gasteiger partial charge is 0.250 e. The number of piperidine rings is 1. The standard InChI is InChI=1S/C15H22ClN3O/c1-3-15(2)4-6-19(7-5-15)13-11(14(18)20)8-10(17)9-12(13)16/h8-9H,3-7,17H2,1-2H3,(H2,18,20). The Kier molecular flexibility index (Phi) is 4.14. The molecule has 0 atom stereocenters. The molecule has 110 valence electrons. The predicted molar refractivity (Wildman–Crippen MR) is 84.2 cm³/mol. The van der Waals surface area contributed by atoms with Gasteiger partial charge in [-0.3, -0.25) is 4.79 Å². The molecule has 4 N–H and O–H groups in total. The van der Waals surface area contributed by atoms with Gasteiger partial charge in [0.05, 0.1) is 16.3 Å². The lowest BCUT2D eigenvalue weighted by Crippen LogP contribution is -2.39. The summed E-state index contributed by atoms with van der Waals surface area (Å²) in [4.78, 5) is 13.8. The van der Waals surface area contributed by atoms with Gasteiger partial charge in [-0.05, 0) is 30.4 Å². The summed E-state index contributed by atoms with van der Waals surface area (Å²) >= 11 is 6.29. The number of halogens is 1. The van der Waals surface area contributed by atoms with Crippen LogP contribution in [0.4, 0.5) is 11.4 Å². The van der Waals surface area contributed by atoms with Crippen molar-refractivity contribution in [1.29, 1.82) is 0 Å². The van der Waals surface area contributed by atoms with Gasteiger partial charge in [-0.2, -0.15) is 0 Å². The molecule has 1 aromatic carbocycles. The number of amides is 1. The van der Waals surface area contributed by atoms with Crippen molar-refractivity contribution in [3.63, 3.8) is 0 Å². The van der Waals surface area contributed by atoms with Crippen molar-refractivity contribution in [1.82, 2.24) is 0 Å². The summed E-state index contributed by atoms with van der Waals surface area (Å²) < 4.78 is 0. The van der Waals surface area contributed by atoms with Gasteiger partial charge in [0, 0.05) is 18.8 Å². The second kappa shape index (κ2) is 5.52. The fraction of sp³-hybridized carbons (Fsp3) is 0.533. The second-order valence-electron chi connectivity index (χ2n) is 5.91. The van der Waals surface area contributed by atoms with Crippen LogP contribution in [0.3, 0.4) is 0 Å². The lowest BCUT2D eigenvalue weighted by molar-refractivity contribution is 0.100. The number of hydrogen-bond acceptors (Lipinski definition) is 3. The molecule has 1 amide bonds. The molecule has 1 aliphatic rings. The fourth-order valence-corrected chi connectivity index (χ4v) is 3.10. The molecule has 1 saturated heterocycles. The van der Waals surface area contributed by atoms with E-state index in [0.717, 1.165) is 31.6 Å². The zero-order valence-electron chi connectivity index (χ0n) is 12.1. The molecule has 1 aromatic rings. The number of rotatable bonds is 3. The molecule has 0 aromatic heterocycles. The molecular weight excluding hydrogens is 274 g/mol. The van der Waals surface area contributed by atoms with E-state index in [9.17, 15) is 4.79 Å². The first-order chi connectivity index (χ1) is 9.36. The number of anilines is 2. The van der Waals surface area contributed by atoms with Gasteiger partial charge in [0.15, 0.2) is 0 Å². The number of benzene rings is 1. The van der Waals surface area contributed by atoms with Crippen LogP contribution in [0.15, 0.2) is 12.1 Å². The lowest BCUT2D eigenvalue weighted by atomic mass is 9.78. The average molecular weight is 296 g/mol. The van der Waals surface area contributed by atoms with Crippen LogP contribution in [0.1, 0.15) is 43.5 Å². The van der Waals surface area contributed by atoms with Crippen molar-refractivity contribution in [2.45, 2.75) is 33.1 Å². The number of nitrogens with zero attached hydrogens (tertiary/aromatic N) is 1. The van der Waals surface area contributed by atoms with E-state index in [2.05, 4.69) is 18.7 Å². The van der Waals surface area contributed by atoms with E-state index in [1.807, 2.05) is 0 Å². The Balaban J connectivity index is 2.32. The van der Waals surface area contributed by atoms with Crippen LogP contribution in [0, 0.1) is 5.41 Å². The fourth-order valence-electron chi connectivity index (χ4n) is 2.75. The quantitative estimate of drug-likeness (QED) is 0.842. The highest BCUT2D eigenvalue weighted by atomic mass is 35.5. The molecule has 0 aliphatic carbocycles.